The van der Waals surface area contributed by atoms with E-state index in [9.17, 15) is 0 Å². The van der Waals surface area contributed by atoms with E-state index in [1.807, 2.05) is 0 Å². The van der Waals surface area contributed by atoms with E-state index in [2.05, 4.69) is 120 Å². The summed E-state index contributed by atoms with van der Waals surface area (Å²) in [6.07, 6.45) is 1.03. The summed E-state index contributed by atoms with van der Waals surface area (Å²) in [5.74, 6) is 0. The van der Waals surface area contributed by atoms with Gasteiger partial charge in [-0.05, 0) is 28.4 Å². The molecule has 0 nitrogen and oxygen atoms in total. The molecule has 0 saturated heterocycles. The van der Waals surface area contributed by atoms with Gasteiger partial charge in [-0.1, -0.05) is 88.6 Å². The molecular weight excluding hydrogens is 567 g/mol. The zero-order valence-electron chi connectivity index (χ0n) is 21.7. The second-order valence-corrected chi connectivity index (χ2v) is 11.7. The van der Waals surface area contributed by atoms with E-state index in [0.717, 1.165) is 6.42 Å². The summed E-state index contributed by atoms with van der Waals surface area (Å²) < 4.78 is 0. The molecule has 4 aromatic rings. The standard InChI is InChI=1S/C21H25.C10H9S.2ClH.Zr/c1-20(2,3)16-7-9-18-14(12-16)11-15-13-17(21(4,5)6)8-10-19(15)18;1-8-3-2-4-10(8)9-5-6-11-7-9;;;/h7-10,12H,11H2,1-6H3;2-7H,1H3;2*1H;/q2*-1;;;+4/p-2. The van der Waals surface area contributed by atoms with E-state index in [1.165, 1.54) is 50.1 Å². The minimum atomic E-state index is 0. The van der Waals surface area contributed by atoms with Crippen LogP contribution >= 0.6 is 11.3 Å². The Labute approximate surface area is 247 Å². The molecule has 0 aliphatic heterocycles. The van der Waals surface area contributed by atoms with Crippen molar-refractivity contribution in [3.8, 4) is 22.3 Å². The Balaban J connectivity index is 0.000000375. The Hall–Kier alpha value is -1.05. The predicted octanol–water partition coefficient (Wildman–Crippen LogP) is 3.10. The van der Waals surface area contributed by atoms with Gasteiger partial charge < -0.3 is 24.8 Å². The first-order valence-electron chi connectivity index (χ1n) is 11.5. The zero-order valence-corrected chi connectivity index (χ0v) is 26.5. The molecule has 1 aromatic heterocycles. The Bertz CT molecular complexity index is 1160. The van der Waals surface area contributed by atoms with Crippen LogP contribution in [0.25, 0.3) is 22.3 Å². The average Bonchev–Trinajstić information content (AvgIpc) is 3.45. The maximum atomic E-state index is 3.67. The maximum absolute atomic E-state index is 3.67. The molecule has 0 amide bonds. The van der Waals surface area contributed by atoms with Crippen molar-refractivity contribution < 1.29 is 51.0 Å². The summed E-state index contributed by atoms with van der Waals surface area (Å²) in [5.41, 5.74) is 12.8. The molecule has 0 N–H and O–H groups in total. The normalized spacial score (nSPS) is 11.6. The van der Waals surface area contributed by atoms with Gasteiger partial charge in [-0.25, -0.2) is 11.3 Å². The Morgan fingerprint density at radius 2 is 1.54 bits per heavy atom. The van der Waals surface area contributed by atoms with E-state index >= 15 is 0 Å². The van der Waals surface area contributed by atoms with Crippen LogP contribution in [0.4, 0.5) is 0 Å². The summed E-state index contributed by atoms with van der Waals surface area (Å²) in [7, 11) is 0. The van der Waals surface area contributed by atoms with Crippen molar-refractivity contribution in [1.29, 1.82) is 0 Å². The van der Waals surface area contributed by atoms with Crippen molar-refractivity contribution in [2.24, 2.45) is 0 Å². The third-order valence-corrected chi connectivity index (χ3v) is 7.01. The molecule has 0 atom stereocenters. The fourth-order valence-corrected chi connectivity index (χ4v) is 4.94. The van der Waals surface area contributed by atoms with Gasteiger partial charge >= 0.3 is 26.2 Å². The quantitative estimate of drug-likeness (QED) is 0.260. The van der Waals surface area contributed by atoms with Crippen molar-refractivity contribution in [3.63, 3.8) is 0 Å². The van der Waals surface area contributed by atoms with Crippen LogP contribution < -0.4 is 24.8 Å². The van der Waals surface area contributed by atoms with Crippen molar-refractivity contribution in [3.05, 3.63) is 99.2 Å². The first-order valence-corrected chi connectivity index (χ1v) is 12.4. The minimum absolute atomic E-state index is 0. The molecule has 1 aliphatic rings. The fourth-order valence-electron chi connectivity index (χ4n) is 4.28. The van der Waals surface area contributed by atoms with Gasteiger partial charge in [0.1, 0.15) is 0 Å². The van der Waals surface area contributed by atoms with Crippen LogP contribution in [-0.2, 0) is 43.5 Å². The Kier molecular flexibility index (Phi) is 11.4. The van der Waals surface area contributed by atoms with Crippen LogP contribution in [-0.4, -0.2) is 0 Å². The van der Waals surface area contributed by atoms with E-state index in [0.29, 0.717) is 0 Å². The van der Waals surface area contributed by atoms with Gasteiger partial charge in [0.25, 0.3) is 0 Å². The summed E-state index contributed by atoms with van der Waals surface area (Å²) in [4.78, 5) is 0. The third-order valence-electron chi connectivity index (χ3n) is 6.33. The topological polar surface area (TPSA) is 0 Å². The molecule has 1 aliphatic carbocycles. The van der Waals surface area contributed by atoms with Crippen molar-refractivity contribution in [2.45, 2.75) is 65.7 Å². The second kappa shape index (κ2) is 12.5. The monoisotopic (exact) mass is 598 g/mol. The van der Waals surface area contributed by atoms with Gasteiger partial charge in [-0.15, -0.1) is 40.5 Å². The van der Waals surface area contributed by atoms with Gasteiger partial charge in [-0.3, -0.25) is 0 Å². The molecule has 0 saturated carbocycles. The SMILES string of the molecule is CC(C)(C)c1[c-]c2c(cc1)-c1ccc(C(C)(C)C)cc1C2.Cc1ccc[c-]1-c1ccsc1.[Cl-].[Cl-].[Zr+4]. The van der Waals surface area contributed by atoms with Crippen molar-refractivity contribution in [1.82, 2.24) is 0 Å². The molecule has 182 valence electrons. The van der Waals surface area contributed by atoms with Gasteiger partial charge in [0.2, 0.25) is 0 Å². The molecule has 0 spiro atoms. The average molecular weight is 601 g/mol. The smallest absolute Gasteiger partial charge is 1.00 e. The number of rotatable bonds is 1. The number of hydrogen-bond acceptors (Lipinski definition) is 1. The van der Waals surface area contributed by atoms with E-state index in [1.54, 1.807) is 11.3 Å². The Morgan fingerprint density at radius 3 is 2.09 bits per heavy atom. The summed E-state index contributed by atoms with van der Waals surface area (Å²) >= 11 is 1.75. The van der Waals surface area contributed by atoms with Crippen LogP contribution in [0.5, 0.6) is 0 Å². The van der Waals surface area contributed by atoms with Gasteiger partial charge in [0, 0.05) is 0 Å². The number of hydrogen-bond donors (Lipinski definition) is 0. The zero-order chi connectivity index (χ0) is 23.1. The fraction of sp³-hybridized carbons (Fsp3) is 0.323. The number of halogens is 2. The maximum Gasteiger partial charge on any atom is 4.00 e. The molecule has 3 aromatic carbocycles. The molecule has 4 heteroatoms. The summed E-state index contributed by atoms with van der Waals surface area (Å²) in [5, 5.41) is 4.30. The van der Waals surface area contributed by atoms with Crippen molar-refractivity contribution >= 4 is 11.3 Å². The van der Waals surface area contributed by atoms with Crippen molar-refractivity contribution in [2.75, 3.05) is 0 Å². The molecule has 0 radical (unpaired) electrons. The first-order chi connectivity index (χ1) is 15.0. The molecule has 0 fully saturated rings. The third kappa shape index (κ3) is 7.26. The summed E-state index contributed by atoms with van der Waals surface area (Å²) in [6, 6.07) is 23.7. The number of benzene rings is 2. The van der Waals surface area contributed by atoms with Crippen LogP contribution in [0.2, 0.25) is 0 Å². The Morgan fingerprint density at radius 1 is 0.857 bits per heavy atom. The molecular formula is C31H34Cl2SZr. The minimum Gasteiger partial charge on any atom is -1.00 e. The first kappa shape index (κ1) is 32.0. The number of fused-ring (bicyclic) bond motifs is 3. The molecule has 35 heavy (non-hydrogen) atoms. The van der Waals surface area contributed by atoms with Gasteiger partial charge in [0.05, 0.1) is 0 Å². The van der Waals surface area contributed by atoms with Crippen LogP contribution in [0, 0.1) is 13.0 Å². The second-order valence-electron chi connectivity index (χ2n) is 10.9. The van der Waals surface area contributed by atoms with Crippen LogP contribution in [0.15, 0.2) is 65.4 Å². The van der Waals surface area contributed by atoms with E-state index < -0.39 is 0 Å². The largest absolute Gasteiger partial charge is 4.00 e. The molecule has 1 heterocycles. The van der Waals surface area contributed by atoms with Gasteiger partial charge in [0.15, 0.2) is 0 Å². The van der Waals surface area contributed by atoms with E-state index in [-0.39, 0.29) is 61.8 Å². The summed E-state index contributed by atoms with van der Waals surface area (Å²) in [6.45, 7) is 15.7. The van der Waals surface area contributed by atoms with Crippen LogP contribution in [0.3, 0.4) is 0 Å². The van der Waals surface area contributed by atoms with Crippen LogP contribution in [0.1, 0.15) is 69.4 Å². The molecule has 5 rings (SSSR count). The van der Waals surface area contributed by atoms with E-state index in [4.69, 9.17) is 0 Å². The number of thiophene rings is 1. The molecule has 0 unspecified atom stereocenters. The predicted molar refractivity (Wildman–Crippen MR) is 141 cm³/mol. The number of aryl methyl sites for hydroxylation is 1. The van der Waals surface area contributed by atoms with Gasteiger partial charge in [-0.2, -0.15) is 29.8 Å². The molecule has 0 bridgehead atoms.